The maximum absolute atomic E-state index is 10.4. The molecular formula is C21H24N3O3S-. The van der Waals surface area contributed by atoms with Gasteiger partial charge in [0.2, 0.25) is 0 Å². The molecule has 28 heavy (non-hydrogen) atoms. The average Bonchev–Trinajstić information content (AvgIpc) is 2.66. The maximum atomic E-state index is 10.4. The minimum absolute atomic E-state index is 0.0134. The Hall–Kier alpha value is -3.06. The first kappa shape index (κ1) is 21.2. The van der Waals surface area contributed by atoms with Crippen molar-refractivity contribution in [2.75, 3.05) is 11.9 Å². The number of nitrogens with one attached hydrogen (secondary N) is 3. The van der Waals surface area contributed by atoms with Crippen LogP contribution in [0.25, 0.3) is 5.70 Å². The minimum Gasteiger partial charge on any atom is -0.550 e. The van der Waals surface area contributed by atoms with E-state index in [9.17, 15) is 9.90 Å². The monoisotopic (exact) mass is 398 g/mol. The van der Waals surface area contributed by atoms with Crippen LogP contribution in [0.15, 0.2) is 49.0 Å². The van der Waals surface area contributed by atoms with E-state index in [-0.39, 0.29) is 6.42 Å². The summed E-state index contributed by atoms with van der Waals surface area (Å²) >= 11 is 5.30. The number of hydrazine groups is 1. The Kier molecular flexibility index (Phi) is 7.83. The predicted molar refractivity (Wildman–Crippen MR) is 114 cm³/mol. The lowest BCUT2D eigenvalue weighted by Crippen LogP contribution is -2.38. The van der Waals surface area contributed by atoms with Crippen LogP contribution in [-0.4, -0.2) is 17.7 Å². The van der Waals surface area contributed by atoms with E-state index in [4.69, 9.17) is 17.0 Å². The molecule has 6 nitrogen and oxygen atoms in total. The van der Waals surface area contributed by atoms with Crippen molar-refractivity contribution in [3.8, 4) is 5.75 Å². The smallest absolute Gasteiger partial charge is 0.189 e. The number of hydrogen-bond donors (Lipinski definition) is 3. The standard InChI is InChI=1S/C21H25N3O3S/c1-14-6-11-19(15(2)13-14)22-21(28)24-23-16(3)17-7-9-18(10-8-17)27-12-4-5-20(25)26/h6-11,13,23H,3-5,12H2,1-2H3,(H,25,26)(H2,22,24,28)/p-1. The summed E-state index contributed by atoms with van der Waals surface area (Å²) in [5, 5.41) is 13.9. The molecule has 0 unspecified atom stereocenters. The van der Waals surface area contributed by atoms with Crippen molar-refractivity contribution in [1.29, 1.82) is 0 Å². The Bertz CT molecular complexity index is 850. The molecule has 0 spiro atoms. The van der Waals surface area contributed by atoms with Crippen molar-refractivity contribution < 1.29 is 14.6 Å². The molecule has 2 rings (SSSR count). The van der Waals surface area contributed by atoms with E-state index >= 15 is 0 Å². The summed E-state index contributed by atoms with van der Waals surface area (Å²) in [6, 6.07) is 13.4. The summed E-state index contributed by atoms with van der Waals surface area (Å²) in [6.07, 6.45) is 0.397. The van der Waals surface area contributed by atoms with E-state index in [1.807, 2.05) is 38.1 Å². The van der Waals surface area contributed by atoms with Gasteiger partial charge in [-0.05, 0) is 80.4 Å². The molecule has 0 aliphatic carbocycles. The summed E-state index contributed by atoms with van der Waals surface area (Å²) < 4.78 is 5.49. The third-order valence-electron chi connectivity index (χ3n) is 3.95. The summed E-state index contributed by atoms with van der Waals surface area (Å²) in [4.78, 5) is 10.4. The lowest BCUT2D eigenvalue weighted by atomic mass is 10.1. The maximum Gasteiger partial charge on any atom is 0.189 e. The quantitative estimate of drug-likeness (QED) is 0.340. The van der Waals surface area contributed by atoms with Crippen molar-refractivity contribution in [3.05, 3.63) is 65.7 Å². The molecule has 0 fully saturated rings. The Morgan fingerprint density at radius 3 is 2.50 bits per heavy atom. The fourth-order valence-corrected chi connectivity index (χ4v) is 2.63. The van der Waals surface area contributed by atoms with Gasteiger partial charge in [-0.25, -0.2) is 0 Å². The van der Waals surface area contributed by atoms with E-state index in [1.165, 1.54) is 5.56 Å². The number of carbonyl (C=O) groups excluding carboxylic acids is 1. The number of rotatable bonds is 9. The molecule has 0 atom stereocenters. The molecule has 0 amide bonds. The number of anilines is 1. The second-order valence-electron chi connectivity index (χ2n) is 6.35. The van der Waals surface area contributed by atoms with Crippen molar-refractivity contribution in [1.82, 2.24) is 10.9 Å². The molecule has 2 aromatic carbocycles. The SMILES string of the molecule is C=C(NNC(=S)Nc1ccc(C)cc1C)c1ccc(OCCCC(=O)[O-])cc1. The molecule has 0 aliphatic heterocycles. The highest BCUT2D eigenvalue weighted by atomic mass is 32.1. The van der Waals surface area contributed by atoms with Crippen LogP contribution >= 0.6 is 12.2 Å². The molecule has 0 bridgehead atoms. The first-order valence-electron chi connectivity index (χ1n) is 8.87. The van der Waals surface area contributed by atoms with Gasteiger partial charge in [0.1, 0.15) is 5.75 Å². The van der Waals surface area contributed by atoms with Gasteiger partial charge in [0, 0.05) is 11.7 Å². The van der Waals surface area contributed by atoms with Gasteiger partial charge in [0.25, 0.3) is 0 Å². The van der Waals surface area contributed by atoms with Gasteiger partial charge >= 0.3 is 0 Å². The number of aliphatic carboxylic acids is 1. The van der Waals surface area contributed by atoms with Crippen LogP contribution in [0.5, 0.6) is 5.75 Å². The molecular weight excluding hydrogens is 374 g/mol. The van der Waals surface area contributed by atoms with Gasteiger partial charge in [-0.3, -0.25) is 10.9 Å². The number of thiocarbonyl (C=S) groups is 1. The Balaban J connectivity index is 1.79. The summed E-state index contributed by atoms with van der Waals surface area (Å²) in [5.41, 5.74) is 10.6. The first-order valence-corrected chi connectivity index (χ1v) is 9.28. The molecule has 0 heterocycles. The average molecular weight is 399 g/mol. The molecule has 3 N–H and O–H groups in total. The zero-order valence-corrected chi connectivity index (χ0v) is 16.8. The van der Waals surface area contributed by atoms with Crippen LogP contribution in [0.3, 0.4) is 0 Å². The molecule has 0 aliphatic rings. The lowest BCUT2D eigenvalue weighted by Gasteiger charge is -2.16. The molecule has 0 saturated heterocycles. The van der Waals surface area contributed by atoms with Crippen molar-refractivity contribution in [3.63, 3.8) is 0 Å². The highest BCUT2D eigenvalue weighted by Gasteiger charge is 2.03. The van der Waals surface area contributed by atoms with Gasteiger partial charge in [0.05, 0.1) is 12.3 Å². The Morgan fingerprint density at radius 1 is 1.14 bits per heavy atom. The zero-order chi connectivity index (χ0) is 20.5. The Morgan fingerprint density at radius 2 is 1.86 bits per heavy atom. The second-order valence-corrected chi connectivity index (χ2v) is 6.76. The van der Waals surface area contributed by atoms with E-state index < -0.39 is 5.97 Å². The number of ether oxygens (including phenoxy) is 1. The van der Waals surface area contributed by atoms with E-state index in [2.05, 4.69) is 28.8 Å². The van der Waals surface area contributed by atoms with Gasteiger partial charge in [-0.15, -0.1) is 0 Å². The number of carbonyl (C=O) groups is 1. The summed E-state index contributed by atoms with van der Waals surface area (Å²) in [6.45, 7) is 8.37. The molecule has 148 valence electrons. The number of benzene rings is 2. The van der Waals surface area contributed by atoms with Crippen LogP contribution in [0.4, 0.5) is 5.69 Å². The highest BCUT2D eigenvalue weighted by Crippen LogP contribution is 2.17. The van der Waals surface area contributed by atoms with Crippen LogP contribution in [-0.2, 0) is 4.79 Å². The fourth-order valence-electron chi connectivity index (χ4n) is 2.47. The Labute approximate surface area is 170 Å². The van der Waals surface area contributed by atoms with Gasteiger partial charge in [-0.1, -0.05) is 24.3 Å². The minimum atomic E-state index is -1.07. The van der Waals surface area contributed by atoms with Crippen molar-refractivity contribution in [2.45, 2.75) is 26.7 Å². The highest BCUT2D eigenvalue weighted by molar-refractivity contribution is 7.80. The summed E-state index contributed by atoms with van der Waals surface area (Å²) in [5.74, 6) is -0.409. The zero-order valence-electron chi connectivity index (χ0n) is 16.0. The molecule has 0 aromatic heterocycles. The van der Waals surface area contributed by atoms with E-state index in [0.717, 1.165) is 16.8 Å². The third-order valence-corrected chi connectivity index (χ3v) is 4.16. The largest absolute Gasteiger partial charge is 0.550 e. The molecule has 7 heteroatoms. The van der Waals surface area contributed by atoms with Crippen LogP contribution in [0.1, 0.15) is 29.5 Å². The number of carboxylic acid groups (broad SMARTS) is 1. The first-order chi connectivity index (χ1) is 13.3. The predicted octanol–water partition coefficient (Wildman–Crippen LogP) is 2.67. The van der Waals surface area contributed by atoms with Gasteiger partial charge < -0.3 is 20.0 Å². The fraction of sp³-hybridized carbons (Fsp3) is 0.238. The second kappa shape index (κ2) is 10.3. The third kappa shape index (κ3) is 6.92. The topological polar surface area (TPSA) is 85.4 Å². The number of carboxylic acids is 1. The van der Waals surface area contributed by atoms with E-state index in [1.54, 1.807) is 12.1 Å². The van der Waals surface area contributed by atoms with Gasteiger partial charge in [0.15, 0.2) is 5.11 Å². The van der Waals surface area contributed by atoms with Crippen LogP contribution in [0.2, 0.25) is 0 Å². The van der Waals surface area contributed by atoms with Crippen LogP contribution < -0.4 is 26.0 Å². The van der Waals surface area contributed by atoms with Crippen molar-refractivity contribution >= 4 is 34.7 Å². The molecule has 2 aromatic rings. The lowest BCUT2D eigenvalue weighted by molar-refractivity contribution is -0.305. The summed E-state index contributed by atoms with van der Waals surface area (Å²) in [7, 11) is 0. The molecule has 0 saturated carbocycles. The van der Waals surface area contributed by atoms with Gasteiger partial charge in [-0.2, -0.15) is 0 Å². The number of aryl methyl sites for hydroxylation is 2. The normalized spacial score (nSPS) is 10.1. The molecule has 0 radical (unpaired) electrons. The van der Waals surface area contributed by atoms with E-state index in [0.29, 0.717) is 29.6 Å². The number of hydrogen-bond acceptors (Lipinski definition) is 5. The van der Waals surface area contributed by atoms with Crippen molar-refractivity contribution in [2.24, 2.45) is 0 Å². The van der Waals surface area contributed by atoms with Crippen LogP contribution in [0, 0.1) is 13.8 Å².